The normalized spacial score (nSPS) is 15.2. The Labute approximate surface area is 520 Å². The minimum Gasteiger partial charge on any atom is -0.457 e. The second-order valence-corrected chi connectivity index (χ2v) is 23.0. The zero-order valence-electron chi connectivity index (χ0n) is 48.8. The molecule has 0 fully saturated rings. The summed E-state index contributed by atoms with van der Waals surface area (Å²) in [6, 6.07) is 100. The van der Waals surface area contributed by atoms with Crippen LogP contribution in [0.5, 0.6) is 23.0 Å². The highest BCUT2D eigenvalue weighted by molar-refractivity contribution is 6.09. The number of halogens is 2. The second-order valence-electron chi connectivity index (χ2n) is 23.0. The Balaban J connectivity index is 0.902. The SMILES string of the molecule is C=Cc1ccc(Oc2ccc(C3(c4ccc(F)cc4)c4ccccc4-c4ccc(N(c5ccc(-c6cccc7c6oc6ccccc67)cc5)c5ccc6c(c5)C(c5ccc(F)cc5)(c5ccc(Oc7ccc(C=C)cc7)cc5)c5ccccc5-6)cc43)cc2)cc1. The smallest absolute Gasteiger partial charge is 0.143 e. The van der Waals surface area contributed by atoms with Crippen LogP contribution in [0.15, 0.2) is 315 Å². The van der Waals surface area contributed by atoms with Crippen molar-refractivity contribution >= 4 is 51.2 Å². The van der Waals surface area contributed by atoms with Crippen LogP contribution in [0.4, 0.5) is 25.8 Å². The van der Waals surface area contributed by atoms with Gasteiger partial charge in [-0.05, 0) is 199 Å². The first-order valence-electron chi connectivity index (χ1n) is 30.1. The minimum absolute atomic E-state index is 0.318. The first-order valence-corrected chi connectivity index (χ1v) is 30.1. The van der Waals surface area contributed by atoms with Crippen LogP contribution in [0.25, 0.3) is 67.5 Å². The fourth-order valence-corrected chi connectivity index (χ4v) is 14.2. The van der Waals surface area contributed by atoms with Crippen LogP contribution in [-0.2, 0) is 10.8 Å². The molecule has 2 atom stereocenters. The molecule has 16 rings (SSSR count). The molecular formula is C84H55F2NO3. The molecule has 0 saturated carbocycles. The summed E-state index contributed by atoms with van der Waals surface area (Å²) in [5.41, 5.74) is 18.9. The van der Waals surface area contributed by atoms with Crippen molar-refractivity contribution in [3.05, 3.63) is 378 Å². The van der Waals surface area contributed by atoms with E-state index in [2.05, 4.69) is 176 Å². The molecule has 0 aliphatic heterocycles. The van der Waals surface area contributed by atoms with Gasteiger partial charge < -0.3 is 18.8 Å². The number of fused-ring (bicyclic) bond motifs is 9. The number of hydrogen-bond acceptors (Lipinski definition) is 4. The Bertz CT molecular complexity index is 4850. The third-order valence-corrected chi connectivity index (χ3v) is 18.2. The molecule has 2 aliphatic carbocycles. The number of benzene rings is 13. The summed E-state index contributed by atoms with van der Waals surface area (Å²) in [6.45, 7) is 7.83. The molecule has 1 heterocycles. The Morgan fingerprint density at radius 2 is 0.711 bits per heavy atom. The fraction of sp³-hybridized carbons (Fsp3) is 0.0238. The number of rotatable bonds is 14. The summed E-state index contributed by atoms with van der Waals surface area (Å²) in [4.78, 5) is 2.34. The molecule has 13 aromatic carbocycles. The number of anilines is 3. The maximum Gasteiger partial charge on any atom is 0.143 e. The van der Waals surface area contributed by atoms with Gasteiger partial charge in [-0.2, -0.15) is 0 Å². The van der Waals surface area contributed by atoms with Crippen molar-refractivity contribution in [3.63, 3.8) is 0 Å². The zero-order valence-corrected chi connectivity index (χ0v) is 48.8. The molecule has 4 nitrogen and oxygen atoms in total. The van der Waals surface area contributed by atoms with Crippen molar-refractivity contribution < 1.29 is 22.7 Å². The van der Waals surface area contributed by atoms with E-state index < -0.39 is 10.8 Å². The highest BCUT2D eigenvalue weighted by Gasteiger charge is 2.48. The van der Waals surface area contributed by atoms with Gasteiger partial charge in [0.05, 0.1) is 10.8 Å². The van der Waals surface area contributed by atoms with Gasteiger partial charge in [0.25, 0.3) is 0 Å². The summed E-state index contributed by atoms with van der Waals surface area (Å²) < 4.78 is 50.2. The van der Waals surface area contributed by atoms with Crippen LogP contribution in [0, 0.1) is 11.6 Å². The number of hydrogen-bond donors (Lipinski definition) is 0. The molecule has 0 saturated heterocycles. The zero-order chi connectivity index (χ0) is 60.5. The van der Waals surface area contributed by atoms with Crippen LogP contribution in [-0.4, -0.2) is 0 Å². The molecule has 0 bridgehead atoms. The van der Waals surface area contributed by atoms with E-state index in [0.29, 0.717) is 23.0 Å². The number of nitrogens with zero attached hydrogens (tertiary/aromatic N) is 1. The van der Waals surface area contributed by atoms with Gasteiger partial charge in [0.2, 0.25) is 0 Å². The summed E-state index contributed by atoms with van der Waals surface area (Å²) in [7, 11) is 0. The van der Waals surface area contributed by atoms with Crippen molar-refractivity contribution in [3.8, 4) is 56.4 Å². The molecule has 428 valence electrons. The van der Waals surface area contributed by atoms with Gasteiger partial charge in [-0.1, -0.05) is 207 Å². The largest absolute Gasteiger partial charge is 0.457 e. The lowest BCUT2D eigenvalue weighted by Crippen LogP contribution is -2.29. The van der Waals surface area contributed by atoms with Crippen LogP contribution < -0.4 is 14.4 Å². The molecule has 1 aromatic heterocycles. The predicted octanol–water partition coefficient (Wildman–Crippen LogP) is 22.6. The topological polar surface area (TPSA) is 34.8 Å². The van der Waals surface area contributed by atoms with Crippen LogP contribution in [0.3, 0.4) is 0 Å². The molecule has 2 unspecified atom stereocenters. The second kappa shape index (κ2) is 21.7. The Morgan fingerprint density at radius 3 is 1.18 bits per heavy atom. The first-order chi connectivity index (χ1) is 44.3. The average molecular weight is 1160 g/mol. The molecule has 0 amide bonds. The van der Waals surface area contributed by atoms with Gasteiger partial charge in [0, 0.05) is 33.4 Å². The van der Waals surface area contributed by atoms with E-state index >= 15 is 8.78 Å². The van der Waals surface area contributed by atoms with Crippen LogP contribution in [0.1, 0.15) is 55.6 Å². The van der Waals surface area contributed by atoms with Crippen molar-refractivity contribution in [2.24, 2.45) is 0 Å². The lowest BCUT2D eigenvalue weighted by Gasteiger charge is -2.36. The highest BCUT2D eigenvalue weighted by Crippen LogP contribution is 2.60. The van der Waals surface area contributed by atoms with E-state index in [-0.39, 0.29) is 11.6 Å². The molecular weight excluding hydrogens is 1110 g/mol. The molecule has 0 spiro atoms. The van der Waals surface area contributed by atoms with Gasteiger partial charge >= 0.3 is 0 Å². The number of ether oxygens (including phenoxy) is 2. The third kappa shape index (κ3) is 8.70. The van der Waals surface area contributed by atoms with E-state index in [1.807, 2.05) is 127 Å². The lowest BCUT2D eigenvalue weighted by molar-refractivity contribution is 0.482. The Hall–Kier alpha value is -11.6. The first kappa shape index (κ1) is 53.8. The van der Waals surface area contributed by atoms with Gasteiger partial charge in [-0.3, -0.25) is 0 Å². The van der Waals surface area contributed by atoms with Crippen molar-refractivity contribution in [2.45, 2.75) is 10.8 Å². The molecule has 2 aliphatic rings. The molecule has 0 radical (unpaired) electrons. The van der Waals surface area contributed by atoms with E-state index in [1.165, 1.54) is 0 Å². The molecule has 6 heteroatoms. The van der Waals surface area contributed by atoms with Gasteiger partial charge in [-0.15, -0.1) is 0 Å². The number of furan rings is 1. The fourth-order valence-electron chi connectivity index (χ4n) is 14.2. The Morgan fingerprint density at radius 1 is 0.333 bits per heavy atom. The molecule has 0 N–H and O–H groups in total. The maximum atomic E-state index is 15.3. The monoisotopic (exact) mass is 1160 g/mol. The molecule has 14 aromatic rings. The standard InChI is InChI=1S/C84H55F2NO3/c1-3-54-20-42-66(43-21-54)88-68-46-30-59(31-47-68)83(57-26-34-61(85)35-27-57)77-17-8-5-12-71(77)73-50-40-64(52-79(73)83)87(63-38-24-56(25-39-63)70-15-11-16-76-75-14-7-10-19-81(75)90-82(70)76)65-41-51-74-72-13-6-9-18-78(72)84(80(74)53-65,58-28-36-62(86)37-29-58)60-32-48-69(49-33-60)89-67-44-22-55(4-2)23-45-67/h3-53H,1-2H2. The van der Waals surface area contributed by atoms with Crippen molar-refractivity contribution in [2.75, 3.05) is 4.90 Å². The van der Waals surface area contributed by atoms with E-state index in [0.717, 1.165) is 128 Å². The summed E-state index contributed by atoms with van der Waals surface area (Å²) in [5.74, 6) is 2.15. The van der Waals surface area contributed by atoms with E-state index in [4.69, 9.17) is 13.9 Å². The van der Waals surface area contributed by atoms with E-state index in [1.54, 1.807) is 24.3 Å². The predicted molar refractivity (Wildman–Crippen MR) is 362 cm³/mol. The quantitative estimate of drug-likeness (QED) is 0.109. The average Bonchev–Trinajstić information content (AvgIpc) is 1.59. The van der Waals surface area contributed by atoms with Crippen LogP contribution >= 0.6 is 0 Å². The van der Waals surface area contributed by atoms with E-state index in [9.17, 15) is 0 Å². The highest BCUT2D eigenvalue weighted by atomic mass is 19.1. The minimum atomic E-state index is -0.914. The van der Waals surface area contributed by atoms with Crippen molar-refractivity contribution in [1.29, 1.82) is 0 Å². The third-order valence-electron chi connectivity index (χ3n) is 18.2. The molecule has 90 heavy (non-hydrogen) atoms. The van der Waals surface area contributed by atoms with Gasteiger partial charge in [0.15, 0.2) is 0 Å². The summed E-state index contributed by atoms with van der Waals surface area (Å²) in [6.07, 6.45) is 3.62. The van der Waals surface area contributed by atoms with Crippen LogP contribution in [0.2, 0.25) is 0 Å². The van der Waals surface area contributed by atoms with Gasteiger partial charge in [-0.25, -0.2) is 8.78 Å². The lowest BCUT2D eigenvalue weighted by atomic mass is 9.67. The van der Waals surface area contributed by atoms with Gasteiger partial charge in [0.1, 0.15) is 45.8 Å². The number of para-hydroxylation sites is 2. The summed E-state index contributed by atoms with van der Waals surface area (Å²) in [5, 5.41) is 2.13. The Kier molecular flexibility index (Phi) is 13.0. The maximum absolute atomic E-state index is 15.3. The van der Waals surface area contributed by atoms with Crippen molar-refractivity contribution in [1.82, 2.24) is 0 Å². The summed E-state index contributed by atoms with van der Waals surface area (Å²) >= 11 is 0.